The summed E-state index contributed by atoms with van der Waals surface area (Å²) >= 11 is -0.459. The number of hydrogen-bond acceptors (Lipinski definition) is 4. The summed E-state index contributed by atoms with van der Waals surface area (Å²) in [4.78, 5) is 21.0. The Balaban J connectivity index is 4.05. The second-order valence-corrected chi connectivity index (χ2v) is 4.06. The molecule has 0 aromatic carbocycles. The summed E-state index contributed by atoms with van der Waals surface area (Å²) < 4.78 is 48.3. The van der Waals surface area contributed by atoms with Crippen molar-refractivity contribution in [3.8, 4) is 0 Å². The lowest BCUT2D eigenvalue weighted by molar-refractivity contribution is -0.138. The molecule has 10 heteroatoms. The third-order valence-electron chi connectivity index (χ3n) is 1.46. The Bertz CT molecular complexity index is 290. The molecule has 0 aliphatic heterocycles. The Labute approximate surface area is 97.7 Å². The molecule has 0 saturated carbocycles. The van der Waals surface area contributed by atoms with Crippen LogP contribution < -0.4 is 11.1 Å². The first-order valence-corrected chi connectivity index (χ1v) is 5.20. The van der Waals surface area contributed by atoms with Crippen molar-refractivity contribution in [3.05, 3.63) is 0 Å². The lowest BCUT2D eigenvalue weighted by Crippen LogP contribution is -2.44. The molecule has 0 aliphatic rings. The molecule has 0 aromatic rings. The van der Waals surface area contributed by atoms with Gasteiger partial charge in [-0.15, -0.1) is 0 Å². The van der Waals surface area contributed by atoms with Crippen LogP contribution in [0.25, 0.3) is 0 Å². The number of amides is 1. The van der Waals surface area contributed by atoms with E-state index in [0.29, 0.717) is 0 Å². The Hall–Kier alpha value is -1.03. The molecule has 17 heavy (non-hydrogen) atoms. The molecule has 1 atom stereocenters. The van der Waals surface area contributed by atoms with Crippen LogP contribution >= 0.6 is 11.8 Å². The fraction of sp³-hybridized carbons (Fsp3) is 0.714. The second kappa shape index (κ2) is 6.64. The van der Waals surface area contributed by atoms with Crippen LogP contribution in [-0.4, -0.2) is 47.0 Å². The number of thioether (sulfide) groups is 1. The molecule has 5 nitrogen and oxygen atoms in total. The summed E-state index contributed by atoms with van der Waals surface area (Å²) in [5.41, 5.74) is 5.11. The van der Waals surface area contributed by atoms with E-state index in [2.05, 4.69) is 0 Å². The normalized spacial score (nSPS) is 13.5. The Morgan fingerprint density at radius 2 is 1.94 bits per heavy atom. The smallest absolute Gasteiger partial charge is 0.353 e. The zero-order chi connectivity index (χ0) is 13.6. The molecule has 4 N–H and O–H groups in total. The van der Waals surface area contributed by atoms with Gasteiger partial charge < -0.3 is 16.2 Å². The molecule has 0 heterocycles. The standard InChI is InChI=1S/C7H10F4N2O3S/c8-6(9)7(10,11)17-2-3(12)5(16)13-1-4(14)15/h3,6H,1-2,12H2,(H,13,16)(H,14,15)/t3-/m0/s1. The summed E-state index contributed by atoms with van der Waals surface area (Å²) in [7, 11) is 0. The quantitative estimate of drug-likeness (QED) is 0.575. The molecule has 0 rings (SSSR count). The highest BCUT2D eigenvalue weighted by molar-refractivity contribution is 8.00. The summed E-state index contributed by atoms with van der Waals surface area (Å²) in [5, 5.41) is 5.75. The number of aliphatic carboxylic acids is 1. The van der Waals surface area contributed by atoms with Gasteiger partial charge in [-0.3, -0.25) is 9.59 Å². The van der Waals surface area contributed by atoms with E-state index in [1.807, 2.05) is 5.32 Å². The van der Waals surface area contributed by atoms with E-state index in [-0.39, 0.29) is 0 Å². The summed E-state index contributed by atoms with van der Waals surface area (Å²) in [6.45, 7) is -0.720. The topological polar surface area (TPSA) is 92.4 Å². The average molecular weight is 278 g/mol. The van der Waals surface area contributed by atoms with E-state index in [1.54, 1.807) is 0 Å². The summed E-state index contributed by atoms with van der Waals surface area (Å²) in [6.07, 6.45) is -3.86. The van der Waals surface area contributed by atoms with E-state index in [0.717, 1.165) is 0 Å². The fourth-order valence-electron chi connectivity index (χ4n) is 0.633. The monoisotopic (exact) mass is 278 g/mol. The van der Waals surface area contributed by atoms with Crippen LogP contribution in [0.4, 0.5) is 17.6 Å². The minimum atomic E-state index is -4.29. The largest absolute Gasteiger partial charge is 0.480 e. The number of halogens is 4. The maximum atomic E-state index is 12.4. The number of rotatable bonds is 7. The van der Waals surface area contributed by atoms with Crippen molar-refractivity contribution in [1.82, 2.24) is 5.32 Å². The van der Waals surface area contributed by atoms with Crippen molar-refractivity contribution in [2.24, 2.45) is 5.73 Å². The first-order valence-electron chi connectivity index (χ1n) is 4.22. The predicted molar refractivity (Wildman–Crippen MR) is 52.0 cm³/mol. The van der Waals surface area contributed by atoms with Crippen molar-refractivity contribution in [2.45, 2.75) is 17.7 Å². The van der Waals surface area contributed by atoms with Crippen LogP contribution in [0.3, 0.4) is 0 Å². The molecule has 0 aliphatic carbocycles. The molecular formula is C7H10F4N2O3S. The van der Waals surface area contributed by atoms with Gasteiger partial charge in [0, 0.05) is 5.75 Å². The average Bonchev–Trinajstić information content (AvgIpc) is 2.22. The van der Waals surface area contributed by atoms with Crippen LogP contribution in [0, 0.1) is 0 Å². The molecular weight excluding hydrogens is 268 g/mol. The maximum absolute atomic E-state index is 12.4. The SMILES string of the molecule is N[C@@H](CSC(F)(F)C(F)F)C(=O)NCC(=O)O. The number of hydrogen-bond donors (Lipinski definition) is 3. The van der Waals surface area contributed by atoms with Gasteiger partial charge in [-0.05, 0) is 0 Å². The van der Waals surface area contributed by atoms with Crippen LogP contribution in [-0.2, 0) is 9.59 Å². The maximum Gasteiger partial charge on any atom is 0.353 e. The molecule has 0 saturated heterocycles. The number of carbonyl (C=O) groups is 2. The van der Waals surface area contributed by atoms with Gasteiger partial charge in [0.1, 0.15) is 6.54 Å². The minimum Gasteiger partial charge on any atom is -0.480 e. The lowest BCUT2D eigenvalue weighted by Gasteiger charge is -2.16. The van der Waals surface area contributed by atoms with Gasteiger partial charge in [0.05, 0.1) is 6.04 Å². The zero-order valence-electron chi connectivity index (χ0n) is 8.33. The zero-order valence-corrected chi connectivity index (χ0v) is 9.15. The Morgan fingerprint density at radius 1 is 1.41 bits per heavy atom. The number of carbonyl (C=O) groups excluding carboxylic acids is 1. The molecule has 0 spiro atoms. The molecule has 1 amide bonds. The van der Waals surface area contributed by atoms with E-state index < -0.39 is 53.7 Å². The summed E-state index contributed by atoms with van der Waals surface area (Å²) in [6, 6.07) is -1.48. The van der Waals surface area contributed by atoms with Gasteiger partial charge in [0.25, 0.3) is 0 Å². The predicted octanol–water partition coefficient (Wildman–Crippen LogP) is 0.106. The third kappa shape index (κ3) is 6.31. The minimum absolute atomic E-state index is 0.459. The van der Waals surface area contributed by atoms with Crippen molar-refractivity contribution in [3.63, 3.8) is 0 Å². The summed E-state index contributed by atoms with van der Waals surface area (Å²) in [5.74, 6) is -3.08. The van der Waals surface area contributed by atoms with Crippen molar-refractivity contribution >= 4 is 23.6 Å². The highest BCUT2D eigenvalue weighted by Crippen LogP contribution is 2.35. The molecule has 0 fully saturated rings. The van der Waals surface area contributed by atoms with Gasteiger partial charge in [-0.2, -0.15) is 8.78 Å². The van der Waals surface area contributed by atoms with Gasteiger partial charge in [0.15, 0.2) is 0 Å². The van der Waals surface area contributed by atoms with E-state index in [4.69, 9.17) is 10.8 Å². The lowest BCUT2D eigenvalue weighted by atomic mass is 10.3. The van der Waals surface area contributed by atoms with Crippen molar-refractivity contribution in [1.29, 1.82) is 0 Å². The van der Waals surface area contributed by atoms with Gasteiger partial charge in [-0.1, -0.05) is 11.8 Å². The third-order valence-corrected chi connectivity index (χ3v) is 2.55. The first-order chi connectivity index (χ1) is 7.66. The Morgan fingerprint density at radius 3 is 2.35 bits per heavy atom. The van der Waals surface area contributed by atoms with Gasteiger partial charge in [0.2, 0.25) is 5.91 Å². The van der Waals surface area contributed by atoms with E-state index >= 15 is 0 Å². The number of nitrogens with one attached hydrogen (secondary N) is 1. The van der Waals surface area contributed by atoms with Crippen molar-refractivity contribution < 1.29 is 32.3 Å². The van der Waals surface area contributed by atoms with Crippen LogP contribution in [0.2, 0.25) is 0 Å². The second-order valence-electron chi connectivity index (χ2n) is 2.89. The van der Waals surface area contributed by atoms with Gasteiger partial charge >= 0.3 is 17.6 Å². The van der Waals surface area contributed by atoms with Crippen molar-refractivity contribution in [2.75, 3.05) is 12.3 Å². The molecule has 0 bridgehead atoms. The van der Waals surface area contributed by atoms with Crippen LogP contribution in [0.15, 0.2) is 0 Å². The number of nitrogens with two attached hydrogens (primary N) is 1. The number of carboxylic acids is 1. The van der Waals surface area contributed by atoms with Gasteiger partial charge in [-0.25, -0.2) is 8.78 Å². The molecule has 0 unspecified atom stereocenters. The molecule has 100 valence electrons. The van der Waals surface area contributed by atoms with E-state index in [1.165, 1.54) is 0 Å². The van der Waals surface area contributed by atoms with Crippen LogP contribution in [0.5, 0.6) is 0 Å². The molecule has 0 aromatic heterocycles. The fourth-order valence-corrected chi connectivity index (χ4v) is 1.31. The highest BCUT2D eigenvalue weighted by atomic mass is 32.2. The number of carboxylic acid groups (broad SMARTS) is 1. The Kier molecular flexibility index (Phi) is 6.24. The molecule has 0 radical (unpaired) electrons. The highest BCUT2D eigenvalue weighted by Gasteiger charge is 2.41. The number of alkyl halides is 4. The van der Waals surface area contributed by atoms with Crippen LogP contribution in [0.1, 0.15) is 0 Å². The van der Waals surface area contributed by atoms with E-state index in [9.17, 15) is 27.2 Å². The first kappa shape index (κ1) is 16.0.